The molecule has 0 saturated carbocycles. The third-order valence-electron chi connectivity index (χ3n) is 6.93. The molecule has 1 aromatic carbocycles. The molecule has 186 valence electrons. The molecule has 1 fully saturated rings. The molecule has 2 aliphatic heterocycles. The van der Waals surface area contributed by atoms with Gasteiger partial charge in [-0.25, -0.2) is 18.2 Å². The third kappa shape index (κ3) is 3.16. The number of carbonyl (C=O) groups excluding carboxylic acids is 1. The number of aryl methyl sites for hydroxylation is 1. The van der Waals surface area contributed by atoms with Crippen molar-refractivity contribution >= 4 is 11.6 Å². The number of alkyl halides is 3. The van der Waals surface area contributed by atoms with Crippen LogP contribution < -0.4 is 0 Å². The van der Waals surface area contributed by atoms with Crippen LogP contribution in [0, 0.1) is 17.5 Å². The molecule has 36 heavy (non-hydrogen) atoms. The summed E-state index contributed by atoms with van der Waals surface area (Å²) in [6.45, 7) is 0. The van der Waals surface area contributed by atoms with Crippen molar-refractivity contribution in [1.29, 1.82) is 0 Å². The van der Waals surface area contributed by atoms with E-state index < -0.39 is 53.0 Å². The van der Waals surface area contributed by atoms with Gasteiger partial charge in [-0.1, -0.05) is 6.07 Å². The standard InChI is InChI=1S/C24H17F6N5O/c1-33-20(11-8-14(25)18(27)15(26)9-11)13-10-12-5-6-16(19(13)32-33)35(12)23(36)21-22(24(28,29)30)31-17-4-2-3-7-34(17)21/h2-4,7-9,12,16H,5-6,10H2,1H3/t12-,16+/m0/s1. The molecule has 2 aliphatic rings. The fourth-order valence-electron chi connectivity index (χ4n) is 5.53. The number of nitrogens with zero attached hydrogens (tertiary/aromatic N) is 5. The van der Waals surface area contributed by atoms with Gasteiger partial charge in [0.2, 0.25) is 0 Å². The number of aromatic nitrogens is 4. The van der Waals surface area contributed by atoms with E-state index in [9.17, 15) is 31.1 Å². The first-order valence-electron chi connectivity index (χ1n) is 11.1. The summed E-state index contributed by atoms with van der Waals surface area (Å²) in [4.78, 5) is 18.8. The smallest absolute Gasteiger partial charge is 0.325 e. The summed E-state index contributed by atoms with van der Waals surface area (Å²) in [6, 6.07) is 5.11. The topological polar surface area (TPSA) is 55.4 Å². The maximum absolute atomic E-state index is 14.0. The highest BCUT2D eigenvalue weighted by molar-refractivity contribution is 5.96. The van der Waals surface area contributed by atoms with Gasteiger partial charge < -0.3 is 4.90 Å². The van der Waals surface area contributed by atoms with Gasteiger partial charge in [0.15, 0.2) is 23.1 Å². The van der Waals surface area contributed by atoms with E-state index in [0.717, 1.165) is 16.5 Å². The highest BCUT2D eigenvalue weighted by Gasteiger charge is 2.49. The summed E-state index contributed by atoms with van der Waals surface area (Å²) in [6.07, 6.45) is -2.28. The zero-order chi connectivity index (χ0) is 25.5. The van der Waals surface area contributed by atoms with Crippen molar-refractivity contribution in [3.63, 3.8) is 0 Å². The minimum atomic E-state index is -4.84. The molecule has 2 bridgehead atoms. The Kier molecular flexibility index (Phi) is 4.76. The van der Waals surface area contributed by atoms with Gasteiger partial charge in [-0.3, -0.25) is 13.9 Å². The van der Waals surface area contributed by atoms with E-state index >= 15 is 0 Å². The number of hydrogen-bond acceptors (Lipinski definition) is 3. The Morgan fingerprint density at radius 1 is 1.08 bits per heavy atom. The molecule has 0 spiro atoms. The first-order valence-corrected chi connectivity index (χ1v) is 11.1. The van der Waals surface area contributed by atoms with Gasteiger partial charge in [0.05, 0.1) is 17.4 Å². The van der Waals surface area contributed by atoms with E-state index in [1.165, 1.54) is 34.0 Å². The Hall–Kier alpha value is -3.83. The minimum absolute atomic E-state index is 0.00120. The maximum Gasteiger partial charge on any atom is 0.435 e. The maximum atomic E-state index is 14.0. The molecule has 5 heterocycles. The normalized spacial score (nSPS) is 19.2. The summed E-state index contributed by atoms with van der Waals surface area (Å²) < 4.78 is 85.5. The molecule has 2 atom stereocenters. The number of amides is 1. The lowest BCUT2D eigenvalue weighted by Crippen LogP contribution is -2.43. The first-order chi connectivity index (χ1) is 17.1. The SMILES string of the molecule is Cn1nc2c(c1-c1cc(F)c(F)c(F)c1)C[C@@H]1CC[C@H]2N1C(=O)c1c(C(F)(F)F)nc2ccccn12. The Balaban J connectivity index is 1.46. The summed E-state index contributed by atoms with van der Waals surface area (Å²) in [5, 5.41) is 4.48. The highest BCUT2D eigenvalue weighted by atomic mass is 19.4. The number of hydrogen-bond donors (Lipinski definition) is 0. The quantitative estimate of drug-likeness (QED) is 0.282. The van der Waals surface area contributed by atoms with Crippen molar-refractivity contribution in [2.45, 2.75) is 37.5 Å². The van der Waals surface area contributed by atoms with Gasteiger partial charge in [0.25, 0.3) is 5.91 Å². The lowest BCUT2D eigenvalue weighted by molar-refractivity contribution is -0.141. The van der Waals surface area contributed by atoms with Crippen LogP contribution in [0.25, 0.3) is 16.9 Å². The van der Waals surface area contributed by atoms with Gasteiger partial charge in [-0.05, 0) is 43.5 Å². The van der Waals surface area contributed by atoms with Crippen LogP contribution in [0.4, 0.5) is 26.3 Å². The van der Waals surface area contributed by atoms with Crippen LogP contribution in [0.5, 0.6) is 0 Å². The van der Waals surface area contributed by atoms with E-state index in [-0.39, 0.29) is 17.6 Å². The molecule has 4 aromatic rings. The number of carbonyl (C=O) groups is 1. The zero-order valence-corrected chi connectivity index (χ0v) is 18.7. The summed E-state index contributed by atoms with van der Waals surface area (Å²) in [5.74, 6) is -5.09. The third-order valence-corrected chi connectivity index (χ3v) is 6.93. The molecule has 0 radical (unpaired) electrons. The predicted molar refractivity (Wildman–Crippen MR) is 114 cm³/mol. The molecule has 6 rings (SSSR count). The molecule has 6 nitrogen and oxygen atoms in total. The fraction of sp³-hybridized carbons (Fsp3) is 0.292. The predicted octanol–water partition coefficient (Wildman–Crippen LogP) is 5.07. The van der Waals surface area contributed by atoms with Crippen LogP contribution in [0.1, 0.15) is 46.3 Å². The average Bonchev–Trinajstić information content (AvgIpc) is 3.47. The van der Waals surface area contributed by atoms with Crippen LogP contribution >= 0.6 is 0 Å². The van der Waals surface area contributed by atoms with Crippen LogP contribution in [0.15, 0.2) is 36.5 Å². The second kappa shape index (κ2) is 7.58. The largest absolute Gasteiger partial charge is 0.435 e. The monoisotopic (exact) mass is 505 g/mol. The van der Waals surface area contributed by atoms with Gasteiger partial charge in [-0.15, -0.1) is 0 Å². The fourth-order valence-corrected chi connectivity index (χ4v) is 5.53. The molecule has 3 aromatic heterocycles. The molecule has 1 amide bonds. The Bertz CT molecular complexity index is 1530. The van der Waals surface area contributed by atoms with Crippen molar-refractivity contribution in [1.82, 2.24) is 24.1 Å². The summed E-state index contributed by atoms with van der Waals surface area (Å²) in [5.41, 5.74) is -0.296. The first kappa shape index (κ1) is 22.6. The van der Waals surface area contributed by atoms with Crippen molar-refractivity contribution in [3.8, 4) is 11.3 Å². The molecule has 0 N–H and O–H groups in total. The molecular weight excluding hydrogens is 488 g/mol. The number of halogens is 6. The van der Waals surface area contributed by atoms with Crippen molar-refractivity contribution in [3.05, 3.63) is 76.6 Å². The zero-order valence-electron chi connectivity index (χ0n) is 18.7. The minimum Gasteiger partial charge on any atom is -0.325 e. The lowest BCUT2D eigenvalue weighted by atomic mass is 9.94. The van der Waals surface area contributed by atoms with Crippen molar-refractivity contribution < 1.29 is 31.1 Å². The highest BCUT2D eigenvalue weighted by Crippen LogP contribution is 2.47. The molecule has 1 saturated heterocycles. The number of pyridine rings is 1. The summed E-state index contributed by atoms with van der Waals surface area (Å²) in [7, 11) is 1.55. The van der Waals surface area contributed by atoms with Gasteiger partial charge >= 0.3 is 6.18 Å². The van der Waals surface area contributed by atoms with Crippen LogP contribution in [0.3, 0.4) is 0 Å². The second-order valence-electron chi connectivity index (χ2n) is 8.99. The van der Waals surface area contributed by atoms with E-state index in [1.807, 2.05) is 0 Å². The molecular formula is C24H17F6N5O. The Morgan fingerprint density at radius 3 is 2.50 bits per heavy atom. The number of benzene rings is 1. The molecule has 12 heteroatoms. The van der Waals surface area contributed by atoms with Crippen LogP contribution in [-0.4, -0.2) is 36.0 Å². The second-order valence-corrected chi connectivity index (χ2v) is 8.99. The van der Waals surface area contributed by atoms with E-state index in [4.69, 9.17) is 0 Å². The van der Waals surface area contributed by atoms with Crippen LogP contribution in [0.2, 0.25) is 0 Å². The molecule has 0 unspecified atom stereocenters. The number of rotatable bonds is 2. The van der Waals surface area contributed by atoms with Gasteiger partial charge in [-0.2, -0.15) is 18.3 Å². The number of fused-ring (bicyclic) bond motifs is 5. The van der Waals surface area contributed by atoms with Gasteiger partial charge in [0, 0.05) is 30.4 Å². The Morgan fingerprint density at radius 2 is 1.81 bits per heavy atom. The molecule has 0 aliphatic carbocycles. The van der Waals surface area contributed by atoms with Crippen LogP contribution in [-0.2, 0) is 19.6 Å². The number of imidazole rings is 1. The Labute approximate surface area is 199 Å². The van der Waals surface area contributed by atoms with E-state index in [1.54, 1.807) is 7.05 Å². The van der Waals surface area contributed by atoms with E-state index in [0.29, 0.717) is 29.8 Å². The lowest BCUT2D eigenvalue weighted by Gasteiger charge is -2.34. The average molecular weight is 505 g/mol. The van der Waals surface area contributed by atoms with Crippen molar-refractivity contribution in [2.24, 2.45) is 7.05 Å². The summed E-state index contributed by atoms with van der Waals surface area (Å²) >= 11 is 0. The van der Waals surface area contributed by atoms with E-state index in [2.05, 4.69) is 10.1 Å². The van der Waals surface area contributed by atoms with Crippen molar-refractivity contribution in [2.75, 3.05) is 0 Å². The van der Waals surface area contributed by atoms with Gasteiger partial charge in [0.1, 0.15) is 11.3 Å².